The molecule has 6 heteroatoms. The monoisotopic (exact) mass is 281 g/mol. The van der Waals surface area contributed by atoms with E-state index in [2.05, 4.69) is 5.16 Å². The second kappa shape index (κ2) is 4.52. The van der Waals surface area contributed by atoms with E-state index in [1.165, 1.54) is 0 Å². The number of aryl methyl sites for hydroxylation is 1. The van der Waals surface area contributed by atoms with Crippen LogP contribution in [0.2, 0.25) is 0 Å². The SMILES string of the molecule is O=S1(=O)CCC(Oc2ccc3c(c2)CC/C3=N/O)C1. The van der Waals surface area contributed by atoms with E-state index in [9.17, 15) is 8.42 Å². The van der Waals surface area contributed by atoms with Gasteiger partial charge in [-0.1, -0.05) is 5.16 Å². The van der Waals surface area contributed by atoms with Crippen molar-refractivity contribution >= 4 is 15.5 Å². The number of oxime groups is 1. The Bertz CT molecular complexity index is 636. The third-order valence-corrected chi connectivity index (χ3v) is 5.37. The minimum atomic E-state index is -2.92. The molecule has 1 aromatic rings. The second-order valence-electron chi connectivity index (χ2n) is 5.01. The van der Waals surface area contributed by atoms with E-state index < -0.39 is 9.84 Å². The number of benzene rings is 1. The summed E-state index contributed by atoms with van der Waals surface area (Å²) in [5.74, 6) is 1.01. The van der Waals surface area contributed by atoms with E-state index >= 15 is 0 Å². The van der Waals surface area contributed by atoms with Crippen LogP contribution in [0.4, 0.5) is 0 Å². The number of hydrogen-bond acceptors (Lipinski definition) is 5. The summed E-state index contributed by atoms with van der Waals surface area (Å²) in [7, 11) is -2.92. The lowest BCUT2D eigenvalue weighted by atomic mass is 10.1. The summed E-state index contributed by atoms with van der Waals surface area (Å²) < 4.78 is 28.5. The number of ether oxygens (including phenoxy) is 1. The number of nitrogens with zero attached hydrogens (tertiary/aromatic N) is 1. The normalized spacial score (nSPS) is 26.5. The fraction of sp³-hybridized carbons (Fsp3) is 0.462. The molecule has 2 aliphatic rings. The van der Waals surface area contributed by atoms with Crippen LogP contribution >= 0.6 is 0 Å². The van der Waals surface area contributed by atoms with Gasteiger partial charge in [-0.3, -0.25) is 0 Å². The Labute approximate surface area is 111 Å². The Morgan fingerprint density at radius 3 is 2.84 bits per heavy atom. The van der Waals surface area contributed by atoms with Gasteiger partial charge in [-0.2, -0.15) is 0 Å². The molecule has 0 amide bonds. The second-order valence-corrected chi connectivity index (χ2v) is 7.24. The Morgan fingerprint density at radius 2 is 2.16 bits per heavy atom. The number of fused-ring (bicyclic) bond motifs is 1. The van der Waals surface area contributed by atoms with Crippen LogP contribution in [0.25, 0.3) is 0 Å². The highest BCUT2D eigenvalue weighted by molar-refractivity contribution is 7.91. The molecule has 0 spiro atoms. The zero-order valence-electron chi connectivity index (χ0n) is 10.4. The van der Waals surface area contributed by atoms with Crippen molar-refractivity contribution in [2.24, 2.45) is 5.16 Å². The van der Waals surface area contributed by atoms with Crippen LogP contribution in [0.3, 0.4) is 0 Å². The van der Waals surface area contributed by atoms with E-state index in [-0.39, 0.29) is 17.6 Å². The van der Waals surface area contributed by atoms with Crippen molar-refractivity contribution in [1.29, 1.82) is 0 Å². The van der Waals surface area contributed by atoms with E-state index in [0.717, 1.165) is 24.0 Å². The molecule has 1 saturated heterocycles. The van der Waals surface area contributed by atoms with Crippen molar-refractivity contribution in [2.75, 3.05) is 11.5 Å². The van der Waals surface area contributed by atoms with Gasteiger partial charge < -0.3 is 9.94 Å². The summed E-state index contributed by atoms with van der Waals surface area (Å²) >= 11 is 0. The fourth-order valence-corrected chi connectivity index (χ4v) is 4.26. The molecule has 3 rings (SSSR count). The molecular weight excluding hydrogens is 266 g/mol. The molecule has 1 aliphatic carbocycles. The lowest BCUT2D eigenvalue weighted by molar-refractivity contribution is 0.228. The van der Waals surface area contributed by atoms with E-state index in [4.69, 9.17) is 9.94 Å². The topological polar surface area (TPSA) is 76.0 Å². The van der Waals surface area contributed by atoms with Gasteiger partial charge >= 0.3 is 0 Å². The number of hydrogen-bond donors (Lipinski definition) is 1. The highest BCUT2D eigenvalue weighted by atomic mass is 32.2. The Balaban J connectivity index is 1.77. The first-order valence-corrected chi connectivity index (χ1v) is 8.11. The predicted octanol–water partition coefficient (Wildman–Crippen LogP) is 1.38. The standard InChI is InChI=1S/C13H15NO4S/c15-14-13-4-1-9-7-10(2-3-12(9)13)18-11-5-6-19(16,17)8-11/h2-3,7,11,15H,1,4-6,8H2/b14-13-. The molecule has 102 valence electrons. The van der Waals surface area contributed by atoms with Crippen LogP contribution in [0.15, 0.2) is 23.4 Å². The van der Waals surface area contributed by atoms with Crippen molar-refractivity contribution in [2.45, 2.75) is 25.4 Å². The highest BCUT2D eigenvalue weighted by Gasteiger charge is 2.29. The van der Waals surface area contributed by atoms with Crippen LogP contribution in [0.5, 0.6) is 5.75 Å². The minimum absolute atomic E-state index is 0.105. The van der Waals surface area contributed by atoms with Crippen molar-refractivity contribution in [1.82, 2.24) is 0 Å². The maximum absolute atomic E-state index is 11.4. The summed E-state index contributed by atoms with van der Waals surface area (Å²) in [5, 5.41) is 12.1. The van der Waals surface area contributed by atoms with Gasteiger partial charge in [0, 0.05) is 5.56 Å². The van der Waals surface area contributed by atoms with Crippen LogP contribution in [0.1, 0.15) is 24.0 Å². The third-order valence-electron chi connectivity index (χ3n) is 3.63. The molecule has 1 heterocycles. The number of rotatable bonds is 2. The van der Waals surface area contributed by atoms with Crippen molar-refractivity contribution in [3.8, 4) is 5.75 Å². The number of sulfone groups is 1. The van der Waals surface area contributed by atoms with Gasteiger partial charge in [-0.25, -0.2) is 8.42 Å². The summed E-state index contributed by atoms with van der Waals surface area (Å²) in [4.78, 5) is 0. The van der Waals surface area contributed by atoms with Gasteiger partial charge in [0.2, 0.25) is 0 Å². The van der Waals surface area contributed by atoms with E-state index in [1.807, 2.05) is 12.1 Å². The van der Waals surface area contributed by atoms with Crippen molar-refractivity contribution < 1.29 is 18.4 Å². The predicted molar refractivity (Wildman–Crippen MR) is 70.8 cm³/mol. The maximum atomic E-state index is 11.4. The molecule has 0 radical (unpaired) electrons. The average molecular weight is 281 g/mol. The first kappa shape index (κ1) is 12.5. The molecule has 1 aromatic carbocycles. The molecule has 19 heavy (non-hydrogen) atoms. The summed E-state index contributed by atoms with van der Waals surface area (Å²) in [6.45, 7) is 0. The minimum Gasteiger partial charge on any atom is -0.489 e. The van der Waals surface area contributed by atoms with Gasteiger partial charge in [-0.05, 0) is 43.0 Å². The molecule has 1 N–H and O–H groups in total. The van der Waals surface area contributed by atoms with Crippen LogP contribution < -0.4 is 4.74 Å². The molecule has 1 aliphatic heterocycles. The Kier molecular flexibility index (Phi) is 2.97. The molecule has 0 bridgehead atoms. The summed E-state index contributed by atoms with van der Waals surface area (Å²) in [6, 6.07) is 5.59. The molecule has 5 nitrogen and oxygen atoms in total. The largest absolute Gasteiger partial charge is 0.489 e. The summed E-state index contributed by atoms with van der Waals surface area (Å²) in [5.41, 5.74) is 2.74. The molecular formula is C13H15NO4S. The lowest BCUT2D eigenvalue weighted by Crippen LogP contribution is -2.17. The van der Waals surface area contributed by atoms with Crippen LogP contribution in [-0.4, -0.2) is 36.9 Å². The first-order valence-electron chi connectivity index (χ1n) is 6.29. The summed E-state index contributed by atoms with van der Waals surface area (Å²) in [6.07, 6.45) is 1.88. The Morgan fingerprint density at radius 1 is 1.32 bits per heavy atom. The van der Waals surface area contributed by atoms with Gasteiger partial charge in [-0.15, -0.1) is 0 Å². The van der Waals surface area contributed by atoms with Crippen LogP contribution in [0, 0.1) is 0 Å². The zero-order valence-corrected chi connectivity index (χ0v) is 11.2. The van der Waals surface area contributed by atoms with Gasteiger partial charge in [0.15, 0.2) is 9.84 Å². The quantitative estimate of drug-likeness (QED) is 0.656. The molecule has 1 unspecified atom stereocenters. The van der Waals surface area contributed by atoms with Crippen LogP contribution in [-0.2, 0) is 16.3 Å². The first-order chi connectivity index (χ1) is 9.07. The lowest BCUT2D eigenvalue weighted by Gasteiger charge is -2.12. The zero-order chi connectivity index (χ0) is 13.5. The van der Waals surface area contributed by atoms with E-state index in [1.54, 1.807) is 6.07 Å². The van der Waals surface area contributed by atoms with Crippen molar-refractivity contribution in [3.63, 3.8) is 0 Å². The third kappa shape index (κ3) is 2.45. The fourth-order valence-electron chi connectivity index (χ4n) is 2.67. The van der Waals surface area contributed by atoms with Gasteiger partial charge in [0.25, 0.3) is 0 Å². The highest BCUT2D eigenvalue weighted by Crippen LogP contribution is 2.28. The Hall–Kier alpha value is -1.56. The van der Waals surface area contributed by atoms with Gasteiger partial charge in [0.1, 0.15) is 11.9 Å². The van der Waals surface area contributed by atoms with Crippen molar-refractivity contribution in [3.05, 3.63) is 29.3 Å². The molecule has 0 saturated carbocycles. The smallest absolute Gasteiger partial charge is 0.154 e. The molecule has 1 fully saturated rings. The molecule has 0 aromatic heterocycles. The average Bonchev–Trinajstić information content (AvgIpc) is 2.92. The van der Waals surface area contributed by atoms with Gasteiger partial charge in [0.05, 0.1) is 17.2 Å². The van der Waals surface area contributed by atoms with E-state index in [0.29, 0.717) is 17.9 Å². The molecule has 1 atom stereocenters. The maximum Gasteiger partial charge on any atom is 0.154 e.